The summed E-state index contributed by atoms with van der Waals surface area (Å²) in [5.74, 6) is 1.67. The second-order valence-electron chi connectivity index (χ2n) is 3.96. The molecule has 88 valence electrons. The number of hydrogen-bond donors (Lipinski definition) is 0. The zero-order valence-electron chi connectivity index (χ0n) is 9.66. The first-order valence-electron chi connectivity index (χ1n) is 5.52. The average Bonchev–Trinajstić information content (AvgIpc) is 2.51. The van der Waals surface area contributed by atoms with Crippen LogP contribution in [0.25, 0.3) is 0 Å². The predicted molar refractivity (Wildman–Crippen MR) is 64.2 cm³/mol. The van der Waals surface area contributed by atoms with Crippen LogP contribution in [0.5, 0.6) is 0 Å². The lowest BCUT2D eigenvalue weighted by Crippen LogP contribution is -2.28. The van der Waals surface area contributed by atoms with E-state index in [1.54, 1.807) is 0 Å². The first-order chi connectivity index (χ1) is 7.68. The van der Waals surface area contributed by atoms with Crippen LogP contribution in [0.2, 0.25) is 5.15 Å². The van der Waals surface area contributed by atoms with Gasteiger partial charge in [-0.05, 0) is 20.3 Å². The van der Waals surface area contributed by atoms with Gasteiger partial charge >= 0.3 is 0 Å². The van der Waals surface area contributed by atoms with Crippen molar-refractivity contribution >= 4 is 17.4 Å². The fourth-order valence-corrected chi connectivity index (χ4v) is 2.05. The maximum atomic E-state index is 6.07. The molecule has 16 heavy (non-hydrogen) atoms. The Morgan fingerprint density at radius 3 is 2.81 bits per heavy atom. The van der Waals surface area contributed by atoms with E-state index in [-0.39, 0.29) is 0 Å². The van der Waals surface area contributed by atoms with E-state index in [1.165, 1.54) is 0 Å². The van der Waals surface area contributed by atoms with Crippen molar-refractivity contribution < 1.29 is 4.74 Å². The maximum absolute atomic E-state index is 6.07. The van der Waals surface area contributed by atoms with Crippen molar-refractivity contribution in [3.8, 4) is 0 Å². The van der Waals surface area contributed by atoms with Gasteiger partial charge in [0.05, 0.1) is 6.61 Å². The van der Waals surface area contributed by atoms with E-state index in [4.69, 9.17) is 16.3 Å². The van der Waals surface area contributed by atoms with Crippen LogP contribution in [0, 0.1) is 13.8 Å². The number of aryl methyl sites for hydroxylation is 1. The Labute approximate surface area is 101 Å². The minimum atomic E-state index is 0.549. The molecular weight excluding hydrogens is 226 g/mol. The van der Waals surface area contributed by atoms with Gasteiger partial charge in [0.25, 0.3) is 0 Å². The molecule has 1 aliphatic heterocycles. The number of rotatable bonds is 1. The summed E-state index contributed by atoms with van der Waals surface area (Å²) in [6.45, 7) is 7.24. The van der Waals surface area contributed by atoms with Crippen molar-refractivity contribution in [2.45, 2.75) is 20.3 Å². The van der Waals surface area contributed by atoms with Crippen LogP contribution >= 0.6 is 11.6 Å². The maximum Gasteiger partial charge on any atom is 0.137 e. The van der Waals surface area contributed by atoms with Crippen molar-refractivity contribution in [3.63, 3.8) is 0 Å². The first-order valence-corrected chi connectivity index (χ1v) is 5.89. The Morgan fingerprint density at radius 2 is 2.00 bits per heavy atom. The Morgan fingerprint density at radius 1 is 1.19 bits per heavy atom. The van der Waals surface area contributed by atoms with Gasteiger partial charge in [-0.1, -0.05) is 11.6 Å². The average molecular weight is 242 g/mol. The van der Waals surface area contributed by atoms with Crippen molar-refractivity contribution in [1.82, 2.24) is 9.97 Å². The Balaban J connectivity index is 2.30. The van der Waals surface area contributed by atoms with Crippen LogP contribution < -0.4 is 4.90 Å². The highest BCUT2D eigenvalue weighted by Crippen LogP contribution is 2.23. The molecule has 0 amide bonds. The standard InChI is InChI=1S/C11H16ClN3O/c1-8-10(12)13-9(2)14-11(8)15-4-3-6-16-7-5-15/h3-7H2,1-2H3. The molecule has 1 saturated heterocycles. The number of aromatic nitrogens is 2. The second kappa shape index (κ2) is 4.97. The normalized spacial score (nSPS) is 17.3. The van der Waals surface area contributed by atoms with E-state index >= 15 is 0 Å². The predicted octanol–water partition coefficient (Wildman–Crippen LogP) is 1.97. The molecule has 0 spiro atoms. The lowest BCUT2D eigenvalue weighted by Gasteiger charge is -2.23. The van der Waals surface area contributed by atoms with Crippen molar-refractivity contribution in [2.75, 3.05) is 31.2 Å². The van der Waals surface area contributed by atoms with Crippen molar-refractivity contribution in [3.05, 3.63) is 16.5 Å². The zero-order chi connectivity index (χ0) is 11.5. The fourth-order valence-electron chi connectivity index (χ4n) is 1.85. The van der Waals surface area contributed by atoms with E-state index in [0.29, 0.717) is 5.15 Å². The summed E-state index contributed by atoms with van der Waals surface area (Å²) in [6, 6.07) is 0. The van der Waals surface area contributed by atoms with Crippen LogP contribution in [0.3, 0.4) is 0 Å². The summed E-state index contributed by atoms with van der Waals surface area (Å²) in [6.07, 6.45) is 1.03. The fraction of sp³-hybridized carbons (Fsp3) is 0.636. The molecule has 0 N–H and O–H groups in total. The van der Waals surface area contributed by atoms with Crippen LogP contribution in [0.1, 0.15) is 17.8 Å². The van der Waals surface area contributed by atoms with Crippen LogP contribution in [0.4, 0.5) is 5.82 Å². The molecule has 4 nitrogen and oxygen atoms in total. The smallest absolute Gasteiger partial charge is 0.137 e. The van der Waals surface area contributed by atoms with Gasteiger partial charge in [0.1, 0.15) is 16.8 Å². The molecule has 0 radical (unpaired) electrons. The number of nitrogens with zero attached hydrogens (tertiary/aromatic N) is 3. The van der Waals surface area contributed by atoms with Gasteiger partial charge in [-0.15, -0.1) is 0 Å². The molecular formula is C11H16ClN3O. The molecule has 0 aromatic carbocycles. The van der Waals surface area contributed by atoms with Gasteiger partial charge < -0.3 is 9.64 Å². The van der Waals surface area contributed by atoms with E-state index < -0.39 is 0 Å². The highest BCUT2D eigenvalue weighted by molar-refractivity contribution is 6.30. The Hall–Kier alpha value is -0.870. The van der Waals surface area contributed by atoms with Crippen LogP contribution in [-0.4, -0.2) is 36.3 Å². The summed E-state index contributed by atoms with van der Waals surface area (Å²) >= 11 is 6.07. The number of anilines is 1. The van der Waals surface area contributed by atoms with E-state index in [0.717, 1.165) is 49.9 Å². The molecule has 1 aromatic rings. The zero-order valence-corrected chi connectivity index (χ0v) is 10.4. The van der Waals surface area contributed by atoms with Gasteiger partial charge in [-0.25, -0.2) is 9.97 Å². The van der Waals surface area contributed by atoms with E-state index in [1.807, 2.05) is 13.8 Å². The van der Waals surface area contributed by atoms with Gasteiger partial charge in [0.2, 0.25) is 0 Å². The third-order valence-corrected chi connectivity index (χ3v) is 3.06. The number of halogens is 1. The molecule has 0 bridgehead atoms. The molecule has 1 aliphatic rings. The summed E-state index contributed by atoms with van der Waals surface area (Å²) in [5.41, 5.74) is 0.953. The minimum absolute atomic E-state index is 0.549. The lowest BCUT2D eigenvalue weighted by molar-refractivity contribution is 0.152. The highest BCUT2D eigenvalue weighted by atomic mass is 35.5. The van der Waals surface area contributed by atoms with Crippen LogP contribution in [0.15, 0.2) is 0 Å². The summed E-state index contributed by atoms with van der Waals surface area (Å²) in [4.78, 5) is 10.8. The molecule has 1 fully saturated rings. The highest BCUT2D eigenvalue weighted by Gasteiger charge is 2.16. The Bertz CT molecular complexity index is 376. The lowest BCUT2D eigenvalue weighted by atomic mass is 10.3. The van der Waals surface area contributed by atoms with Crippen molar-refractivity contribution in [2.24, 2.45) is 0 Å². The molecule has 0 saturated carbocycles. The third-order valence-electron chi connectivity index (χ3n) is 2.69. The summed E-state index contributed by atoms with van der Waals surface area (Å²) in [7, 11) is 0. The number of hydrogen-bond acceptors (Lipinski definition) is 4. The van der Waals surface area contributed by atoms with Crippen LogP contribution in [-0.2, 0) is 4.74 Å². The molecule has 0 atom stereocenters. The molecule has 0 aliphatic carbocycles. The van der Waals surface area contributed by atoms with Gasteiger partial charge in [0.15, 0.2) is 0 Å². The third kappa shape index (κ3) is 2.44. The van der Waals surface area contributed by atoms with Gasteiger partial charge in [-0.3, -0.25) is 0 Å². The molecule has 1 aromatic heterocycles. The first kappa shape index (κ1) is 11.6. The van der Waals surface area contributed by atoms with Gasteiger partial charge in [-0.2, -0.15) is 0 Å². The van der Waals surface area contributed by atoms with E-state index in [2.05, 4.69) is 14.9 Å². The Kier molecular flexibility index (Phi) is 3.61. The quantitative estimate of drug-likeness (QED) is 0.705. The summed E-state index contributed by atoms with van der Waals surface area (Å²) < 4.78 is 5.43. The SMILES string of the molecule is Cc1nc(Cl)c(C)c(N2CCCOCC2)n1. The van der Waals surface area contributed by atoms with E-state index in [9.17, 15) is 0 Å². The van der Waals surface area contributed by atoms with Crippen molar-refractivity contribution in [1.29, 1.82) is 0 Å². The summed E-state index contributed by atoms with van der Waals surface area (Å²) in [5, 5.41) is 0.549. The molecule has 2 rings (SSSR count). The van der Waals surface area contributed by atoms with Gasteiger partial charge in [0, 0.05) is 25.3 Å². The minimum Gasteiger partial charge on any atom is -0.380 e. The second-order valence-corrected chi connectivity index (χ2v) is 4.32. The number of ether oxygens (including phenoxy) is 1. The molecule has 0 unspecified atom stereocenters. The largest absolute Gasteiger partial charge is 0.380 e. The topological polar surface area (TPSA) is 38.2 Å². The molecule has 2 heterocycles. The monoisotopic (exact) mass is 241 g/mol. The molecule has 5 heteroatoms.